The van der Waals surface area contributed by atoms with Crippen molar-refractivity contribution in [1.82, 2.24) is 4.57 Å². The zero-order valence-electron chi connectivity index (χ0n) is 27.8. The first-order valence-corrected chi connectivity index (χ1v) is 18.3. The number of rotatable bonds is 5. The van der Waals surface area contributed by atoms with Crippen LogP contribution in [0.1, 0.15) is 22.3 Å². The zero-order chi connectivity index (χ0) is 33.9. The molecular weight excluding hydrogens is 682 g/mol. The van der Waals surface area contributed by atoms with Gasteiger partial charge in [0.05, 0.1) is 16.4 Å². The first-order chi connectivity index (χ1) is 25.2. The van der Waals surface area contributed by atoms with E-state index in [0.29, 0.717) is 0 Å². The third-order valence-electron chi connectivity index (χ3n) is 10.7. The number of benzene rings is 8. The molecule has 0 aliphatic heterocycles. The number of hydrogen-bond acceptors (Lipinski definition) is 0. The molecule has 10 rings (SSSR count). The SMILES string of the molecule is Brc1cccc(-c2ccccc2-c2ccc3c4ccccc4n(-c4ccc5c(c4)C(c4ccccc4)(c4ccccc4)c4ccccc4-5)c3c2)c1. The minimum atomic E-state index is -0.461. The third kappa shape index (κ3) is 4.53. The Hall–Kier alpha value is -5.96. The maximum absolute atomic E-state index is 3.69. The van der Waals surface area contributed by atoms with Gasteiger partial charge in [-0.3, -0.25) is 0 Å². The number of fused-ring (bicyclic) bond motifs is 6. The van der Waals surface area contributed by atoms with Gasteiger partial charge in [-0.05, 0) is 92.0 Å². The first-order valence-electron chi connectivity index (χ1n) is 17.5. The van der Waals surface area contributed by atoms with Gasteiger partial charge in [0.15, 0.2) is 0 Å². The molecule has 0 spiro atoms. The lowest BCUT2D eigenvalue weighted by Gasteiger charge is -2.34. The molecule has 9 aromatic rings. The van der Waals surface area contributed by atoms with Crippen molar-refractivity contribution in [3.05, 3.63) is 221 Å². The topological polar surface area (TPSA) is 4.93 Å². The molecule has 0 fully saturated rings. The van der Waals surface area contributed by atoms with E-state index in [1.165, 1.54) is 77.4 Å². The van der Waals surface area contributed by atoms with Crippen LogP contribution in [0.3, 0.4) is 0 Å². The zero-order valence-corrected chi connectivity index (χ0v) is 29.4. The second kappa shape index (κ2) is 11.8. The van der Waals surface area contributed by atoms with Gasteiger partial charge in [0.25, 0.3) is 0 Å². The molecule has 0 bridgehead atoms. The van der Waals surface area contributed by atoms with Gasteiger partial charge in [0.2, 0.25) is 0 Å². The molecule has 1 aliphatic rings. The van der Waals surface area contributed by atoms with Gasteiger partial charge in [-0.2, -0.15) is 0 Å². The van der Waals surface area contributed by atoms with E-state index < -0.39 is 5.41 Å². The Morgan fingerprint density at radius 1 is 0.373 bits per heavy atom. The monoisotopic (exact) mass is 713 g/mol. The molecular formula is C49H32BrN. The smallest absolute Gasteiger partial charge is 0.0714 e. The highest BCUT2D eigenvalue weighted by Crippen LogP contribution is 2.56. The van der Waals surface area contributed by atoms with Crippen LogP contribution in [0, 0.1) is 0 Å². The van der Waals surface area contributed by atoms with E-state index >= 15 is 0 Å². The van der Waals surface area contributed by atoms with Crippen molar-refractivity contribution in [2.24, 2.45) is 0 Å². The number of hydrogen-bond donors (Lipinski definition) is 0. The Labute approximate surface area is 306 Å². The van der Waals surface area contributed by atoms with Crippen LogP contribution >= 0.6 is 15.9 Å². The van der Waals surface area contributed by atoms with E-state index in [0.717, 1.165) is 10.2 Å². The molecule has 2 heteroatoms. The minimum Gasteiger partial charge on any atom is -0.309 e. The largest absolute Gasteiger partial charge is 0.309 e. The highest BCUT2D eigenvalue weighted by Gasteiger charge is 2.46. The van der Waals surface area contributed by atoms with Crippen LogP contribution in [-0.2, 0) is 5.41 Å². The van der Waals surface area contributed by atoms with Gasteiger partial charge in [-0.15, -0.1) is 0 Å². The number of para-hydroxylation sites is 1. The van der Waals surface area contributed by atoms with Gasteiger partial charge in [-0.1, -0.05) is 174 Å². The van der Waals surface area contributed by atoms with Gasteiger partial charge < -0.3 is 4.57 Å². The fraction of sp³-hybridized carbons (Fsp3) is 0.0204. The molecule has 0 N–H and O–H groups in total. The van der Waals surface area contributed by atoms with Crippen LogP contribution < -0.4 is 0 Å². The average Bonchev–Trinajstić information content (AvgIpc) is 3.68. The Kier molecular flexibility index (Phi) is 6.94. The maximum Gasteiger partial charge on any atom is 0.0714 e. The van der Waals surface area contributed by atoms with Crippen LogP contribution in [-0.4, -0.2) is 4.57 Å². The Morgan fingerprint density at radius 3 is 1.69 bits per heavy atom. The second-order valence-corrected chi connectivity index (χ2v) is 14.3. The summed E-state index contributed by atoms with van der Waals surface area (Å²) in [7, 11) is 0. The molecule has 0 radical (unpaired) electrons. The van der Waals surface area contributed by atoms with Crippen molar-refractivity contribution in [1.29, 1.82) is 0 Å². The molecule has 0 saturated carbocycles. The van der Waals surface area contributed by atoms with Crippen molar-refractivity contribution < 1.29 is 0 Å². The molecule has 1 aliphatic carbocycles. The Morgan fingerprint density at radius 2 is 0.961 bits per heavy atom. The predicted molar refractivity (Wildman–Crippen MR) is 217 cm³/mol. The van der Waals surface area contributed by atoms with E-state index in [4.69, 9.17) is 0 Å². The first kappa shape index (κ1) is 29.9. The van der Waals surface area contributed by atoms with Crippen LogP contribution in [0.25, 0.3) is 60.9 Å². The van der Waals surface area contributed by atoms with Crippen molar-refractivity contribution in [2.75, 3.05) is 0 Å². The molecule has 0 amide bonds. The van der Waals surface area contributed by atoms with Crippen molar-refractivity contribution in [2.45, 2.75) is 5.41 Å². The Balaban J connectivity index is 1.25. The summed E-state index contributed by atoms with van der Waals surface area (Å²) in [5.74, 6) is 0. The third-order valence-corrected chi connectivity index (χ3v) is 11.2. The van der Waals surface area contributed by atoms with Crippen molar-refractivity contribution in [3.63, 3.8) is 0 Å². The van der Waals surface area contributed by atoms with Crippen molar-refractivity contribution >= 4 is 37.7 Å². The maximum atomic E-state index is 3.69. The number of aromatic nitrogens is 1. The summed E-state index contributed by atoms with van der Waals surface area (Å²) in [6, 6.07) is 71.3. The predicted octanol–water partition coefficient (Wildman–Crippen LogP) is 13.2. The van der Waals surface area contributed by atoms with Crippen LogP contribution in [0.5, 0.6) is 0 Å². The summed E-state index contributed by atoms with van der Waals surface area (Å²) in [4.78, 5) is 0. The average molecular weight is 715 g/mol. The molecule has 1 heterocycles. The van der Waals surface area contributed by atoms with E-state index in [1.54, 1.807) is 0 Å². The quantitative estimate of drug-likeness (QED) is 0.167. The van der Waals surface area contributed by atoms with Crippen LogP contribution in [0.4, 0.5) is 0 Å². The van der Waals surface area contributed by atoms with Gasteiger partial charge >= 0.3 is 0 Å². The Bertz CT molecular complexity index is 2720. The summed E-state index contributed by atoms with van der Waals surface area (Å²) in [5, 5.41) is 2.50. The molecule has 0 atom stereocenters. The molecule has 51 heavy (non-hydrogen) atoms. The molecule has 0 saturated heterocycles. The fourth-order valence-electron chi connectivity index (χ4n) is 8.63. The highest BCUT2D eigenvalue weighted by molar-refractivity contribution is 9.10. The van der Waals surface area contributed by atoms with Gasteiger partial charge in [-0.25, -0.2) is 0 Å². The van der Waals surface area contributed by atoms with Gasteiger partial charge in [0.1, 0.15) is 0 Å². The lowest BCUT2D eigenvalue weighted by molar-refractivity contribution is 0.767. The van der Waals surface area contributed by atoms with Crippen LogP contribution in [0.2, 0.25) is 0 Å². The summed E-state index contributed by atoms with van der Waals surface area (Å²) in [6.07, 6.45) is 0. The lowest BCUT2D eigenvalue weighted by Crippen LogP contribution is -2.28. The fourth-order valence-corrected chi connectivity index (χ4v) is 9.03. The molecule has 240 valence electrons. The normalized spacial score (nSPS) is 13.0. The van der Waals surface area contributed by atoms with Crippen molar-refractivity contribution in [3.8, 4) is 39.1 Å². The molecule has 1 nitrogen and oxygen atoms in total. The number of nitrogens with zero attached hydrogens (tertiary/aromatic N) is 1. The van der Waals surface area contributed by atoms with Gasteiger partial charge in [0, 0.05) is 20.9 Å². The molecule has 0 unspecified atom stereocenters. The van der Waals surface area contributed by atoms with E-state index in [1.807, 2.05) is 0 Å². The second-order valence-electron chi connectivity index (χ2n) is 13.4. The standard InChI is InChI=1S/C49H32BrN/c50-37-19-13-14-33(30-37)39-20-7-8-21-40(39)34-26-28-44-43-23-10-12-25-47(43)51(48(44)31-34)38-27-29-42-41-22-9-11-24-45(41)49(46(42)32-38,35-15-3-1-4-16-35)36-17-5-2-6-18-36/h1-32H. The van der Waals surface area contributed by atoms with E-state index in [-0.39, 0.29) is 0 Å². The summed E-state index contributed by atoms with van der Waals surface area (Å²) < 4.78 is 3.55. The lowest BCUT2D eigenvalue weighted by atomic mass is 9.67. The summed E-state index contributed by atoms with van der Waals surface area (Å²) >= 11 is 3.69. The van der Waals surface area contributed by atoms with Crippen LogP contribution in [0.15, 0.2) is 199 Å². The van der Waals surface area contributed by atoms with E-state index in [9.17, 15) is 0 Å². The van der Waals surface area contributed by atoms with E-state index in [2.05, 4.69) is 215 Å². The highest BCUT2D eigenvalue weighted by atomic mass is 79.9. The molecule has 8 aromatic carbocycles. The molecule has 1 aromatic heterocycles. The summed E-state index contributed by atoms with van der Waals surface area (Å²) in [6.45, 7) is 0. The number of halogens is 1. The summed E-state index contributed by atoms with van der Waals surface area (Å²) in [5.41, 5.74) is 15.6. The minimum absolute atomic E-state index is 0.461.